The molecule has 1 fully saturated rings. The van der Waals surface area contributed by atoms with E-state index in [-0.39, 0.29) is 0 Å². The average Bonchev–Trinajstić information content (AvgIpc) is 2.88. The minimum atomic E-state index is 0.405. The third kappa shape index (κ3) is 6.06. The van der Waals surface area contributed by atoms with Gasteiger partial charge in [0.15, 0.2) is 0 Å². The second-order valence-electron chi connectivity index (χ2n) is 5.65. The molecule has 0 aromatic carbocycles. The zero-order valence-corrected chi connectivity index (χ0v) is 13.6. The van der Waals surface area contributed by atoms with Crippen molar-refractivity contribution in [1.82, 2.24) is 10.2 Å². The van der Waals surface area contributed by atoms with Gasteiger partial charge < -0.3 is 19.5 Å². The van der Waals surface area contributed by atoms with Crippen LogP contribution in [0.25, 0.3) is 0 Å². The summed E-state index contributed by atoms with van der Waals surface area (Å²) in [6.07, 6.45) is 1.16. The van der Waals surface area contributed by atoms with E-state index in [0.717, 1.165) is 52.5 Å². The molecule has 0 aliphatic carbocycles. The molecule has 1 rings (SSSR count). The van der Waals surface area contributed by atoms with Crippen LogP contribution in [0.4, 0.5) is 0 Å². The minimum Gasteiger partial charge on any atom is -0.383 e. The maximum absolute atomic E-state index is 5.66. The Kier molecular flexibility index (Phi) is 9.39. The summed E-state index contributed by atoms with van der Waals surface area (Å²) >= 11 is 0. The summed E-state index contributed by atoms with van der Waals surface area (Å²) in [6, 6.07) is 0.886. The molecule has 120 valence electrons. The number of hydrogen-bond acceptors (Lipinski definition) is 5. The van der Waals surface area contributed by atoms with E-state index in [9.17, 15) is 0 Å². The Morgan fingerprint density at radius 3 is 2.75 bits per heavy atom. The van der Waals surface area contributed by atoms with E-state index >= 15 is 0 Å². The third-order valence-electron chi connectivity index (χ3n) is 3.94. The Hall–Kier alpha value is -0.200. The zero-order chi connectivity index (χ0) is 14.8. The molecule has 0 amide bonds. The Morgan fingerprint density at radius 2 is 2.10 bits per heavy atom. The molecule has 5 nitrogen and oxygen atoms in total. The van der Waals surface area contributed by atoms with Gasteiger partial charge in [0.1, 0.15) is 0 Å². The van der Waals surface area contributed by atoms with Crippen molar-refractivity contribution in [3.05, 3.63) is 0 Å². The molecule has 1 N–H and O–H groups in total. The van der Waals surface area contributed by atoms with E-state index in [1.165, 1.54) is 0 Å². The van der Waals surface area contributed by atoms with Crippen molar-refractivity contribution in [2.75, 3.05) is 60.3 Å². The largest absolute Gasteiger partial charge is 0.383 e. The van der Waals surface area contributed by atoms with Crippen molar-refractivity contribution in [1.29, 1.82) is 0 Å². The van der Waals surface area contributed by atoms with Crippen LogP contribution in [-0.4, -0.2) is 77.3 Å². The summed E-state index contributed by atoms with van der Waals surface area (Å²) in [5.74, 6) is 0.553. The van der Waals surface area contributed by atoms with Gasteiger partial charge in [-0.05, 0) is 19.9 Å². The van der Waals surface area contributed by atoms with Gasteiger partial charge in [0, 0.05) is 45.3 Å². The van der Waals surface area contributed by atoms with Crippen molar-refractivity contribution >= 4 is 0 Å². The van der Waals surface area contributed by atoms with Crippen LogP contribution in [0.15, 0.2) is 0 Å². The predicted molar refractivity (Wildman–Crippen MR) is 81.2 cm³/mol. The number of hydrogen-bond donors (Lipinski definition) is 1. The van der Waals surface area contributed by atoms with Crippen molar-refractivity contribution in [3.8, 4) is 0 Å². The summed E-state index contributed by atoms with van der Waals surface area (Å²) in [5, 5.41) is 3.60. The lowest BCUT2D eigenvalue weighted by Crippen LogP contribution is -2.46. The van der Waals surface area contributed by atoms with Crippen molar-refractivity contribution < 1.29 is 14.2 Å². The number of nitrogens with one attached hydrogen (secondary N) is 1. The van der Waals surface area contributed by atoms with Gasteiger partial charge in [-0.15, -0.1) is 0 Å². The van der Waals surface area contributed by atoms with Crippen molar-refractivity contribution in [2.45, 2.75) is 32.4 Å². The molecule has 0 aromatic heterocycles. The molecule has 0 spiro atoms. The van der Waals surface area contributed by atoms with E-state index in [2.05, 4.69) is 24.1 Å². The quantitative estimate of drug-likeness (QED) is 0.614. The Labute approximate surface area is 123 Å². The second-order valence-corrected chi connectivity index (χ2v) is 5.65. The molecular formula is C15H32N2O3. The van der Waals surface area contributed by atoms with Gasteiger partial charge in [-0.2, -0.15) is 0 Å². The third-order valence-corrected chi connectivity index (χ3v) is 3.94. The number of nitrogens with zero attached hydrogens (tertiary/aromatic N) is 1. The smallest absolute Gasteiger partial charge is 0.0623 e. The number of methoxy groups -OCH3 is 2. The van der Waals surface area contributed by atoms with Crippen molar-refractivity contribution in [2.24, 2.45) is 5.92 Å². The molecule has 20 heavy (non-hydrogen) atoms. The highest BCUT2D eigenvalue weighted by Gasteiger charge is 2.30. The first-order valence-corrected chi connectivity index (χ1v) is 7.75. The van der Waals surface area contributed by atoms with E-state index in [4.69, 9.17) is 14.2 Å². The standard InChI is InChI=1S/C15H32N2O3/c1-5-6-16-15-12-20-11-14(15)9-17(7-8-18-3)13(2)10-19-4/h13-16H,5-12H2,1-4H3. The van der Waals surface area contributed by atoms with Crippen molar-refractivity contribution in [3.63, 3.8) is 0 Å². The molecule has 1 saturated heterocycles. The molecule has 3 unspecified atom stereocenters. The zero-order valence-electron chi connectivity index (χ0n) is 13.6. The van der Waals surface area contributed by atoms with Crippen LogP contribution in [0, 0.1) is 5.92 Å². The van der Waals surface area contributed by atoms with Gasteiger partial charge in [-0.1, -0.05) is 6.92 Å². The highest BCUT2D eigenvalue weighted by atomic mass is 16.5. The molecule has 0 radical (unpaired) electrons. The summed E-state index contributed by atoms with van der Waals surface area (Å²) < 4.78 is 16.2. The SMILES string of the molecule is CCCNC1COCC1CN(CCOC)C(C)COC. The molecule has 0 bridgehead atoms. The second kappa shape index (κ2) is 10.5. The van der Waals surface area contributed by atoms with Gasteiger partial charge in [-0.25, -0.2) is 0 Å². The first-order chi connectivity index (χ1) is 9.72. The fourth-order valence-corrected chi connectivity index (χ4v) is 2.68. The minimum absolute atomic E-state index is 0.405. The van der Waals surface area contributed by atoms with Crippen LogP contribution < -0.4 is 5.32 Å². The Bertz CT molecular complexity index is 241. The molecule has 0 saturated carbocycles. The molecule has 0 aromatic rings. The fourth-order valence-electron chi connectivity index (χ4n) is 2.68. The summed E-state index contributed by atoms with van der Waals surface area (Å²) in [5.41, 5.74) is 0. The van der Waals surface area contributed by atoms with Crippen LogP contribution in [0.1, 0.15) is 20.3 Å². The Balaban J connectivity index is 2.48. The first kappa shape index (κ1) is 17.9. The van der Waals surface area contributed by atoms with Gasteiger partial charge in [-0.3, -0.25) is 4.90 Å². The normalized spacial score (nSPS) is 24.4. The van der Waals surface area contributed by atoms with E-state index in [1.54, 1.807) is 14.2 Å². The maximum Gasteiger partial charge on any atom is 0.0623 e. The van der Waals surface area contributed by atoms with Gasteiger partial charge >= 0.3 is 0 Å². The highest BCUT2D eigenvalue weighted by Crippen LogP contribution is 2.17. The van der Waals surface area contributed by atoms with E-state index in [1.807, 2.05) is 0 Å². The fraction of sp³-hybridized carbons (Fsp3) is 1.00. The molecule has 1 aliphatic rings. The number of rotatable bonds is 11. The van der Waals surface area contributed by atoms with Crippen LogP contribution in [0.5, 0.6) is 0 Å². The number of ether oxygens (including phenoxy) is 3. The van der Waals surface area contributed by atoms with E-state index in [0.29, 0.717) is 18.0 Å². The average molecular weight is 288 g/mol. The van der Waals surface area contributed by atoms with Gasteiger partial charge in [0.05, 0.1) is 26.4 Å². The van der Waals surface area contributed by atoms with E-state index < -0.39 is 0 Å². The molecule has 1 heterocycles. The van der Waals surface area contributed by atoms with Crippen LogP contribution in [0.2, 0.25) is 0 Å². The lowest BCUT2D eigenvalue weighted by molar-refractivity contribution is 0.0609. The summed E-state index contributed by atoms with van der Waals surface area (Å²) in [4.78, 5) is 2.45. The lowest BCUT2D eigenvalue weighted by Gasteiger charge is -2.32. The molecule has 3 atom stereocenters. The molecule has 1 aliphatic heterocycles. The van der Waals surface area contributed by atoms with Gasteiger partial charge in [0.2, 0.25) is 0 Å². The predicted octanol–water partition coefficient (Wildman–Crippen LogP) is 0.984. The first-order valence-electron chi connectivity index (χ1n) is 7.75. The molecular weight excluding hydrogens is 256 g/mol. The van der Waals surface area contributed by atoms with Crippen LogP contribution in [-0.2, 0) is 14.2 Å². The van der Waals surface area contributed by atoms with Gasteiger partial charge in [0.25, 0.3) is 0 Å². The summed E-state index contributed by atoms with van der Waals surface area (Å²) in [6.45, 7) is 10.7. The highest BCUT2D eigenvalue weighted by molar-refractivity contribution is 4.84. The summed E-state index contributed by atoms with van der Waals surface area (Å²) in [7, 11) is 3.51. The topological polar surface area (TPSA) is 43.0 Å². The Morgan fingerprint density at radius 1 is 1.30 bits per heavy atom. The maximum atomic E-state index is 5.66. The van der Waals surface area contributed by atoms with Crippen LogP contribution >= 0.6 is 0 Å². The molecule has 5 heteroatoms. The monoisotopic (exact) mass is 288 g/mol. The van der Waals surface area contributed by atoms with Crippen LogP contribution in [0.3, 0.4) is 0 Å². The lowest BCUT2D eigenvalue weighted by atomic mass is 10.0.